The van der Waals surface area contributed by atoms with Gasteiger partial charge in [-0.1, -0.05) is 48.0 Å². The molecule has 1 atom stereocenters. The lowest BCUT2D eigenvalue weighted by Gasteiger charge is -2.21. The topological polar surface area (TPSA) is 104 Å². The highest BCUT2D eigenvalue weighted by atomic mass is 35.5. The van der Waals surface area contributed by atoms with Crippen molar-refractivity contribution in [1.29, 1.82) is 0 Å². The third-order valence-electron chi connectivity index (χ3n) is 5.52. The Balaban J connectivity index is 1.65. The van der Waals surface area contributed by atoms with E-state index < -0.39 is 23.5 Å². The molecule has 2 amide bonds. The van der Waals surface area contributed by atoms with Crippen LogP contribution < -0.4 is 10.6 Å². The average molecular weight is 479 g/mol. The van der Waals surface area contributed by atoms with Gasteiger partial charge in [-0.05, 0) is 49.1 Å². The van der Waals surface area contributed by atoms with Crippen LogP contribution in [0.5, 0.6) is 0 Å². The van der Waals surface area contributed by atoms with E-state index in [-0.39, 0.29) is 17.1 Å². The molecule has 0 saturated carbocycles. The van der Waals surface area contributed by atoms with E-state index in [0.29, 0.717) is 21.8 Å². The summed E-state index contributed by atoms with van der Waals surface area (Å²) in [7, 11) is 0. The lowest BCUT2D eigenvalue weighted by Crippen LogP contribution is -2.21. The molecule has 3 heterocycles. The SMILES string of the molecule is CC(C)(O)c1cc(NC(=O)c2nsc3ccccc23)c2c(n1)C(=O)NC2c1ccccc1Cl. The van der Waals surface area contributed by atoms with Crippen LogP contribution in [0.1, 0.15) is 57.7 Å². The van der Waals surface area contributed by atoms with Gasteiger partial charge in [0.2, 0.25) is 0 Å². The molecule has 166 valence electrons. The summed E-state index contributed by atoms with van der Waals surface area (Å²) in [6.07, 6.45) is 0. The van der Waals surface area contributed by atoms with Gasteiger partial charge in [0.25, 0.3) is 11.8 Å². The number of carbonyl (C=O) groups excluding carboxylic acids is 2. The van der Waals surface area contributed by atoms with Gasteiger partial charge in [0.15, 0.2) is 0 Å². The second-order valence-electron chi connectivity index (χ2n) is 8.29. The number of hydrogen-bond donors (Lipinski definition) is 3. The van der Waals surface area contributed by atoms with Crippen LogP contribution >= 0.6 is 23.1 Å². The summed E-state index contributed by atoms with van der Waals surface area (Å²) < 4.78 is 5.22. The number of nitrogens with zero attached hydrogens (tertiary/aromatic N) is 2. The number of benzene rings is 2. The van der Waals surface area contributed by atoms with E-state index in [1.807, 2.05) is 36.4 Å². The number of hydrogen-bond acceptors (Lipinski definition) is 6. The number of nitrogens with one attached hydrogen (secondary N) is 2. The Morgan fingerprint density at radius 1 is 1.18 bits per heavy atom. The fraction of sp³-hybridized carbons (Fsp3) is 0.167. The van der Waals surface area contributed by atoms with Crippen molar-refractivity contribution in [3.63, 3.8) is 0 Å². The zero-order valence-corrected chi connectivity index (χ0v) is 19.3. The van der Waals surface area contributed by atoms with Gasteiger partial charge < -0.3 is 15.7 Å². The number of fused-ring (bicyclic) bond motifs is 2. The van der Waals surface area contributed by atoms with Crippen LogP contribution in [0.15, 0.2) is 54.6 Å². The van der Waals surface area contributed by atoms with E-state index in [4.69, 9.17) is 11.6 Å². The van der Waals surface area contributed by atoms with Crippen LogP contribution in [-0.4, -0.2) is 26.3 Å². The summed E-state index contributed by atoms with van der Waals surface area (Å²) >= 11 is 7.66. The Morgan fingerprint density at radius 3 is 2.67 bits per heavy atom. The lowest BCUT2D eigenvalue weighted by molar-refractivity contribution is 0.0735. The zero-order valence-electron chi connectivity index (χ0n) is 17.7. The first kappa shape index (κ1) is 21.5. The number of amides is 2. The van der Waals surface area contributed by atoms with E-state index in [1.165, 1.54) is 11.5 Å². The van der Waals surface area contributed by atoms with Crippen LogP contribution in [-0.2, 0) is 5.60 Å². The standard InChI is InChI=1S/C24H19ClN4O3S/c1-24(2,32)17-11-15(26-22(30)20-13-8-4-6-10-16(13)33-29-20)18-19(28-23(31)21(18)27-17)12-7-3-5-9-14(12)25/h3-11,19,32H,1-2H3,(H,28,31)(H,26,27,30). The first-order valence-corrected chi connectivity index (χ1v) is 11.4. The largest absolute Gasteiger partial charge is 0.384 e. The van der Waals surface area contributed by atoms with Crippen LogP contribution in [0, 0.1) is 0 Å². The van der Waals surface area contributed by atoms with Gasteiger partial charge >= 0.3 is 0 Å². The summed E-state index contributed by atoms with van der Waals surface area (Å²) in [5.41, 5.74) is 0.894. The molecule has 1 aliphatic heterocycles. The normalized spacial score (nSPS) is 15.4. The molecule has 4 aromatic rings. The van der Waals surface area contributed by atoms with Crippen molar-refractivity contribution in [2.75, 3.05) is 5.32 Å². The first-order chi connectivity index (χ1) is 15.7. The highest BCUT2D eigenvalue weighted by Gasteiger charge is 2.37. The minimum Gasteiger partial charge on any atom is -0.384 e. The minimum atomic E-state index is -1.33. The molecule has 7 nitrogen and oxygen atoms in total. The molecule has 9 heteroatoms. The maximum atomic E-state index is 13.3. The maximum Gasteiger partial charge on any atom is 0.276 e. The number of anilines is 1. The Bertz CT molecular complexity index is 1430. The van der Waals surface area contributed by atoms with Gasteiger partial charge in [-0.3, -0.25) is 9.59 Å². The molecule has 0 bridgehead atoms. The molecule has 2 aromatic heterocycles. The van der Waals surface area contributed by atoms with Crippen molar-refractivity contribution in [3.05, 3.63) is 87.8 Å². The molecule has 1 aliphatic rings. The van der Waals surface area contributed by atoms with Crippen LogP contribution in [0.2, 0.25) is 5.02 Å². The Kier molecular flexibility index (Phi) is 5.16. The maximum absolute atomic E-state index is 13.3. The summed E-state index contributed by atoms with van der Waals surface area (Å²) in [5, 5.41) is 17.6. The molecular weight excluding hydrogens is 460 g/mol. The number of aromatic nitrogens is 2. The van der Waals surface area contributed by atoms with Gasteiger partial charge in [-0.15, -0.1) is 0 Å². The molecule has 0 radical (unpaired) electrons. The minimum absolute atomic E-state index is 0.137. The van der Waals surface area contributed by atoms with E-state index in [0.717, 1.165) is 10.1 Å². The van der Waals surface area contributed by atoms with Crippen LogP contribution in [0.4, 0.5) is 5.69 Å². The molecule has 0 fully saturated rings. The highest BCUT2D eigenvalue weighted by Crippen LogP contribution is 2.40. The lowest BCUT2D eigenvalue weighted by atomic mass is 9.96. The number of rotatable bonds is 4. The first-order valence-electron chi connectivity index (χ1n) is 10.2. The van der Waals surface area contributed by atoms with Gasteiger partial charge in [0.1, 0.15) is 17.0 Å². The van der Waals surface area contributed by atoms with Crippen molar-refractivity contribution in [2.45, 2.75) is 25.5 Å². The van der Waals surface area contributed by atoms with Gasteiger partial charge in [-0.2, -0.15) is 4.37 Å². The van der Waals surface area contributed by atoms with Crippen molar-refractivity contribution in [3.8, 4) is 0 Å². The number of aliphatic hydroxyl groups is 1. The van der Waals surface area contributed by atoms with E-state index in [1.54, 1.807) is 32.0 Å². The van der Waals surface area contributed by atoms with E-state index in [2.05, 4.69) is 20.0 Å². The van der Waals surface area contributed by atoms with Gasteiger partial charge in [0.05, 0.1) is 22.1 Å². The van der Waals surface area contributed by atoms with Crippen molar-refractivity contribution in [1.82, 2.24) is 14.7 Å². The molecule has 3 N–H and O–H groups in total. The fourth-order valence-electron chi connectivity index (χ4n) is 3.88. The van der Waals surface area contributed by atoms with E-state index >= 15 is 0 Å². The summed E-state index contributed by atoms with van der Waals surface area (Å²) in [5.74, 6) is -0.824. The Morgan fingerprint density at radius 2 is 1.91 bits per heavy atom. The Hall–Kier alpha value is -3.33. The predicted molar refractivity (Wildman–Crippen MR) is 128 cm³/mol. The second-order valence-corrected chi connectivity index (χ2v) is 9.50. The quantitative estimate of drug-likeness (QED) is 0.396. The molecule has 33 heavy (non-hydrogen) atoms. The van der Waals surface area contributed by atoms with Gasteiger partial charge in [0, 0.05) is 16.0 Å². The molecule has 5 rings (SSSR count). The molecule has 1 unspecified atom stereocenters. The van der Waals surface area contributed by atoms with E-state index in [9.17, 15) is 14.7 Å². The highest BCUT2D eigenvalue weighted by molar-refractivity contribution is 7.13. The fourth-order valence-corrected chi connectivity index (χ4v) is 4.90. The molecule has 0 saturated heterocycles. The number of carbonyl (C=O) groups is 2. The number of pyridine rings is 1. The van der Waals surface area contributed by atoms with Crippen LogP contribution in [0.25, 0.3) is 10.1 Å². The molecule has 2 aromatic carbocycles. The third-order valence-corrected chi connectivity index (χ3v) is 6.69. The third kappa shape index (κ3) is 3.76. The second kappa shape index (κ2) is 7.91. The molecule has 0 spiro atoms. The summed E-state index contributed by atoms with van der Waals surface area (Å²) in [4.78, 5) is 30.5. The molecular formula is C24H19ClN4O3S. The zero-order chi connectivity index (χ0) is 23.3. The average Bonchev–Trinajstić information content (AvgIpc) is 3.35. The number of halogens is 1. The monoisotopic (exact) mass is 478 g/mol. The van der Waals surface area contributed by atoms with Crippen LogP contribution in [0.3, 0.4) is 0 Å². The Labute approximate surface area is 198 Å². The van der Waals surface area contributed by atoms with Crippen molar-refractivity contribution >= 4 is 50.7 Å². The smallest absolute Gasteiger partial charge is 0.276 e. The summed E-state index contributed by atoms with van der Waals surface area (Å²) in [6.45, 7) is 3.14. The summed E-state index contributed by atoms with van der Waals surface area (Å²) in [6, 6.07) is 15.6. The predicted octanol–water partition coefficient (Wildman–Crippen LogP) is 4.66. The molecule has 0 aliphatic carbocycles. The van der Waals surface area contributed by atoms with Gasteiger partial charge in [-0.25, -0.2) is 4.98 Å². The van der Waals surface area contributed by atoms with Crippen molar-refractivity contribution < 1.29 is 14.7 Å². The van der Waals surface area contributed by atoms with Crippen molar-refractivity contribution in [2.24, 2.45) is 0 Å².